The number of aliphatic hydroxyl groups is 1. The van der Waals surface area contributed by atoms with Gasteiger partial charge in [-0.3, -0.25) is 9.89 Å². The number of H-pyrrole nitrogens is 1. The number of carbonyl (C=O) groups is 1. The van der Waals surface area contributed by atoms with Crippen molar-refractivity contribution in [2.45, 2.75) is 44.8 Å². The van der Waals surface area contributed by atoms with E-state index in [0.29, 0.717) is 25.4 Å². The van der Waals surface area contributed by atoms with Gasteiger partial charge in [0, 0.05) is 30.6 Å². The van der Waals surface area contributed by atoms with Crippen molar-refractivity contribution in [1.82, 2.24) is 24.6 Å². The van der Waals surface area contributed by atoms with Gasteiger partial charge in [0.1, 0.15) is 12.4 Å². The second kappa shape index (κ2) is 6.74. The first-order chi connectivity index (χ1) is 13.6. The molecule has 2 aliphatic rings. The van der Waals surface area contributed by atoms with Crippen LogP contribution >= 0.6 is 0 Å². The highest BCUT2D eigenvalue weighted by atomic mass is 16.3. The van der Waals surface area contributed by atoms with E-state index in [2.05, 4.69) is 14.8 Å². The van der Waals surface area contributed by atoms with E-state index < -0.39 is 6.10 Å². The number of aryl methyl sites for hydroxylation is 1. The first-order valence-electron chi connectivity index (χ1n) is 10.0. The minimum absolute atomic E-state index is 0.0223. The van der Waals surface area contributed by atoms with Crippen molar-refractivity contribution in [2.24, 2.45) is 5.92 Å². The second-order valence-corrected chi connectivity index (χ2v) is 8.19. The SMILES string of the molecule is Cc1cc(C[C@@H]2CN(C(=O)Cn3c(C4CC4)nc4ccccc43)C[C@H]2O)n[nH]1. The monoisotopic (exact) mass is 379 g/mol. The molecular weight excluding hydrogens is 354 g/mol. The number of hydrogen-bond acceptors (Lipinski definition) is 4. The van der Waals surface area contributed by atoms with Crippen molar-refractivity contribution in [1.29, 1.82) is 0 Å². The largest absolute Gasteiger partial charge is 0.391 e. The molecule has 3 aromatic rings. The zero-order chi connectivity index (χ0) is 19.3. The highest BCUT2D eigenvalue weighted by molar-refractivity contribution is 5.81. The molecule has 5 rings (SSSR count). The lowest BCUT2D eigenvalue weighted by molar-refractivity contribution is -0.131. The minimum atomic E-state index is -0.511. The van der Waals surface area contributed by atoms with Crippen LogP contribution < -0.4 is 0 Å². The molecule has 1 saturated heterocycles. The first-order valence-corrected chi connectivity index (χ1v) is 10.0. The lowest BCUT2D eigenvalue weighted by atomic mass is 10.0. The average molecular weight is 379 g/mol. The van der Waals surface area contributed by atoms with E-state index >= 15 is 0 Å². The topological polar surface area (TPSA) is 87.0 Å². The summed E-state index contributed by atoms with van der Waals surface area (Å²) in [7, 11) is 0. The Balaban J connectivity index is 1.32. The van der Waals surface area contributed by atoms with Crippen molar-refractivity contribution in [3.8, 4) is 0 Å². The molecule has 1 saturated carbocycles. The zero-order valence-corrected chi connectivity index (χ0v) is 16.0. The Morgan fingerprint density at radius 2 is 2.11 bits per heavy atom. The van der Waals surface area contributed by atoms with Crippen LogP contribution in [0.5, 0.6) is 0 Å². The summed E-state index contributed by atoms with van der Waals surface area (Å²) in [6.07, 6.45) is 2.45. The Hall–Kier alpha value is -2.67. The van der Waals surface area contributed by atoms with E-state index in [0.717, 1.165) is 41.1 Å². The lowest BCUT2D eigenvalue weighted by Crippen LogP contribution is -2.33. The van der Waals surface area contributed by atoms with Crippen LogP contribution in [0.15, 0.2) is 30.3 Å². The van der Waals surface area contributed by atoms with Crippen LogP contribution in [0.2, 0.25) is 0 Å². The summed E-state index contributed by atoms with van der Waals surface area (Å²) in [5, 5.41) is 17.7. The van der Waals surface area contributed by atoms with E-state index in [-0.39, 0.29) is 18.4 Å². The first kappa shape index (κ1) is 17.4. The predicted octanol–water partition coefficient (Wildman–Crippen LogP) is 2.01. The number of rotatable bonds is 5. The van der Waals surface area contributed by atoms with Crippen LogP contribution in [-0.2, 0) is 17.8 Å². The van der Waals surface area contributed by atoms with Crippen molar-refractivity contribution in [2.75, 3.05) is 13.1 Å². The molecule has 2 atom stereocenters. The third-order valence-corrected chi connectivity index (χ3v) is 5.91. The number of nitrogens with zero attached hydrogens (tertiary/aromatic N) is 4. The summed E-state index contributed by atoms with van der Waals surface area (Å²) in [6.45, 7) is 3.20. The molecule has 0 radical (unpaired) electrons. The number of hydrogen-bond donors (Lipinski definition) is 2. The van der Waals surface area contributed by atoms with Crippen molar-refractivity contribution >= 4 is 16.9 Å². The molecule has 1 aromatic carbocycles. The molecule has 0 spiro atoms. The van der Waals surface area contributed by atoms with Gasteiger partial charge < -0.3 is 14.6 Å². The predicted molar refractivity (Wildman–Crippen MR) is 105 cm³/mol. The molecular formula is C21H25N5O2. The van der Waals surface area contributed by atoms with Crippen LogP contribution in [0.4, 0.5) is 0 Å². The molecule has 1 aliphatic carbocycles. The van der Waals surface area contributed by atoms with E-state index in [9.17, 15) is 9.90 Å². The van der Waals surface area contributed by atoms with Crippen LogP contribution in [0, 0.1) is 12.8 Å². The molecule has 28 heavy (non-hydrogen) atoms. The lowest BCUT2D eigenvalue weighted by Gasteiger charge is -2.17. The van der Waals surface area contributed by atoms with Crippen LogP contribution in [-0.4, -0.2) is 54.9 Å². The summed E-state index contributed by atoms with van der Waals surface area (Å²) < 4.78 is 2.08. The molecule has 7 nitrogen and oxygen atoms in total. The van der Waals surface area contributed by atoms with Crippen LogP contribution in [0.25, 0.3) is 11.0 Å². The number of imidazole rings is 1. The third kappa shape index (κ3) is 3.20. The third-order valence-electron chi connectivity index (χ3n) is 5.91. The summed E-state index contributed by atoms with van der Waals surface area (Å²) in [5.74, 6) is 1.57. The minimum Gasteiger partial charge on any atom is -0.391 e. The van der Waals surface area contributed by atoms with Gasteiger partial charge in [0.15, 0.2) is 0 Å². The molecule has 0 bridgehead atoms. The standard InChI is InChI=1S/C21H25N5O2/c1-13-8-16(24-23-13)9-15-10-25(11-19(15)27)20(28)12-26-18-5-3-2-4-17(18)22-21(26)14-6-7-14/h2-5,8,14-15,19,27H,6-7,9-12H2,1H3,(H,23,24)/t15-,19-/m1/s1. The van der Waals surface area contributed by atoms with Gasteiger partial charge in [-0.05, 0) is 44.4 Å². The Labute approximate surface area is 163 Å². The molecule has 2 N–H and O–H groups in total. The number of likely N-dealkylation sites (tertiary alicyclic amines) is 1. The summed E-state index contributed by atoms with van der Waals surface area (Å²) in [6, 6.07) is 10.0. The van der Waals surface area contributed by atoms with Gasteiger partial charge in [0.25, 0.3) is 0 Å². The van der Waals surface area contributed by atoms with Gasteiger partial charge in [-0.25, -0.2) is 4.98 Å². The maximum Gasteiger partial charge on any atom is 0.242 e. The summed E-state index contributed by atoms with van der Waals surface area (Å²) >= 11 is 0. The van der Waals surface area contributed by atoms with Gasteiger partial charge in [0.2, 0.25) is 5.91 Å². The number of β-amino-alcohol motifs (C(OH)–C–C–N with tert-alkyl or cyclic N) is 1. The highest BCUT2D eigenvalue weighted by Crippen LogP contribution is 2.40. The molecule has 1 amide bonds. The van der Waals surface area contributed by atoms with Gasteiger partial charge in [-0.2, -0.15) is 5.10 Å². The number of fused-ring (bicyclic) bond motifs is 1. The van der Waals surface area contributed by atoms with Crippen molar-refractivity contribution in [3.05, 3.63) is 47.5 Å². The number of para-hydroxylation sites is 2. The summed E-state index contributed by atoms with van der Waals surface area (Å²) in [5.41, 5.74) is 3.91. The fourth-order valence-electron chi connectivity index (χ4n) is 4.25. The van der Waals surface area contributed by atoms with E-state index in [1.807, 2.05) is 37.3 Å². The smallest absolute Gasteiger partial charge is 0.242 e. The maximum absolute atomic E-state index is 13.0. The van der Waals surface area contributed by atoms with Gasteiger partial charge >= 0.3 is 0 Å². The number of benzene rings is 1. The number of aliphatic hydroxyl groups excluding tert-OH is 1. The van der Waals surface area contributed by atoms with Gasteiger partial charge in [0.05, 0.1) is 22.8 Å². The zero-order valence-electron chi connectivity index (χ0n) is 16.0. The number of aromatic nitrogens is 4. The maximum atomic E-state index is 13.0. The number of nitrogens with one attached hydrogen (secondary N) is 1. The van der Waals surface area contributed by atoms with Crippen LogP contribution in [0.1, 0.15) is 36.0 Å². The van der Waals surface area contributed by atoms with Crippen molar-refractivity contribution < 1.29 is 9.90 Å². The molecule has 2 aromatic heterocycles. The quantitative estimate of drug-likeness (QED) is 0.710. The normalized spacial score (nSPS) is 22.3. The van der Waals surface area contributed by atoms with Gasteiger partial charge in [-0.15, -0.1) is 0 Å². The Morgan fingerprint density at radius 1 is 1.29 bits per heavy atom. The van der Waals surface area contributed by atoms with E-state index in [1.54, 1.807) is 4.90 Å². The van der Waals surface area contributed by atoms with Gasteiger partial charge in [-0.1, -0.05) is 12.1 Å². The second-order valence-electron chi connectivity index (χ2n) is 8.19. The molecule has 0 unspecified atom stereocenters. The molecule has 2 fully saturated rings. The summed E-state index contributed by atoms with van der Waals surface area (Å²) in [4.78, 5) is 19.6. The van der Waals surface area contributed by atoms with Crippen molar-refractivity contribution in [3.63, 3.8) is 0 Å². The molecule has 1 aliphatic heterocycles. The fourth-order valence-corrected chi connectivity index (χ4v) is 4.25. The number of amides is 1. The number of aromatic amines is 1. The van der Waals surface area contributed by atoms with E-state index in [4.69, 9.17) is 4.98 Å². The fraction of sp³-hybridized carbons (Fsp3) is 0.476. The molecule has 3 heterocycles. The van der Waals surface area contributed by atoms with E-state index in [1.165, 1.54) is 0 Å². The van der Waals surface area contributed by atoms with Crippen LogP contribution in [0.3, 0.4) is 0 Å². The molecule has 146 valence electrons. The Morgan fingerprint density at radius 3 is 2.86 bits per heavy atom. The number of carbonyl (C=O) groups excluding carboxylic acids is 1. The Kier molecular flexibility index (Phi) is 4.19. The highest BCUT2D eigenvalue weighted by Gasteiger charge is 2.36. The molecule has 7 heteroatoms. The average Bonchev–Trinajstić information content (AvgIpc) is 3.21. The Bertz CT molecular complexity index is 1020.